The molecule has 9 nitrogen and oxygen atoms in total. The van der Waals surface area contributed by atoms with E-state index >= 15 is 0 Å². The van der Waals surface area contributed by atoms with Gasteiger partial charge in [0, 0.05) is 42.5 Å². The van der Waals surface area contributed by atoms with Crippen LogP contribution in [-0.4, -0.2) is 51.2 Å². The number of azide groups is 1. The number of hydrogen-bond donors (Lipinski definition) is 0. The molecule has 0 bridgehead atoms. The van der Waals surface area contributed by atoms with E-state index in [9.17, 15) is 17.1 Å². The number of hydrogen-bond acceptors (Lipinski definition) is 6. The maximum absolute atomic E-state index is 13.2. The standard InChI is InChI=1S/C17H24FN5O4S/c1-12-13(11-28(18,25)26)9-14(10-15(12)20-21-19)22-5-7-23(8-6-22)16(24)27-17(2,3)4/h9-10H,5-8,11H2,1-4H3. The zero-order chi connectivity index (χ0) is 21.1. The van der Waals surface area contributed by atoms with Crippen molar-refractivity contribution in [2.45, 2.75) is 39.0 Å². The van der Waals surface area contributed by atoms with E-state index in [1.807, 2.05) is 4.90 Å². The van der Waals surface area contributed by atoms with Crippen molar-refractivity contribution in [2.24, 2.45) is 5.11 Å². The Morgan fingerprint density at radius 1 is 1.29 bits per heavy atom. The number of anilines is 1. The Labute approximate surface area is 163 Å². The zero-order valence-corrected chi connectivity index (χ0v) is 17.2. The summed E-state index contributed by atoms with van der Waals surface area (Å²) in [6.45, 7) is 8.74. The summed E-state index contributed by atoms with van der Waals surface area (Å²) >= 11 is 0. The minimum Gasteiger partial charge on any atom is -0.444 e. The Kier molecular flexibility index (Phi) is 6.41. The second-order valence-electron chi connectivity index (χ2n) is 7.58. The van der Waals surface area contributed by atoms with E-state index < -0.39 is 27.7 Å². The number of piperazine rings is 1. The summed E-state index contributed by atoms with van der Waals surface area (Å²) in [5.74, 6) is -0.793. The molecule has 11 heteroatoms. The maximum atomic E-state index is 13.2. The molecule has 1 aromatic rings. The van der Waals surface area contributed by atoms with Crippen LogP contribution in [0.5, 0.6) is 0 Å². The zero-order valence-electron chi connectivity index (χ0n) is 16.3. The predicted octanol–water partition coefficient (Wildman–Crippen LogP) is 3.79. The molecule has 0 aromatic heterocycles. The molecule has 0 radical (unpaired) electrons. The number of halogens is 1. The highest BCUT2D eigenvalue weighted by atomic mass is 32.3. The monoisotopic (exact) mass is 413 g/mol. The first-order valence-electron chi connectivity index (χ1n) is 8.73. The van der Waals surface area contributed by atoms with Crippen LogP contribution in [0.15, 0.2) is 17.2 Å². The SMILES string of the molecule is Cc1c(CS(=O)(=O)F)cc(N2CCN(C(=O)OC(C)(C)C)CC2)cc1N=[N+]=[N-]. The lowest BCUT2D eigenvalue weighted by atomic mass is 10.1. The Morgan fingerprint density at radius 3 is 2.39 bits per heavy atom. The number of ether oxygens (including phenoxy) is 1. The fourth-order valence-electron chi connectivity index (χ4n) is 2.89. The molecular formula is C17H24FN5O4S. The summed E-state index contributed by atoms with van der Waals surface area (Å²) in [5, 5.41) is 3.59. The number of amides is 1. The van der Waals surface area contributed by atoms with Crippen LogP contribution in [0.3, 0.4) is 0 Å². The lowest BCUT2D eigenvalue weighted by molar-refractivity contribution is 0.0240. The van der Waals surface area contributed by atoms with Gasteiger partial charge in [-0.3, -0.25) is 0 Å². The highest BCUT2D eigenvalue weighted by Crippen LogP contribution is 2.31. The van der Waals surface area contributed by atoms with Crippen LogP contribution in [0.1, 0.15) is 31.9 Å². The summed E-state index contributed by atoms with van der Waals surface area (Å²) in [5.41, 5.74) is 9.67. The van der Waals surface area contributed by atoms with Gasteiger partial charge in [0.25, 0.3) is 0 Å². The molecule has 28 heavy (non-hydrogen) atoms. The molecule has 0 spiro atoms. The van der Waals surface area contributed by atoms with E-state index in [4.69, 9.17) is 10.3 Å². The van der Waals surface area contributed by atoms with Crippen molar-refractivity contribution < 1.29 is 21.8 Å². The van der Waals surface area contributed by atoms with Crippen molar-refractivity contribution in [3.63, 3.8) is 0 Å². The first-order chi connectivity index (χ1) is 12.9. The van der Waals surface area contributed by atoms with Gasteiger partial charge in [-0.15, -0.1) is 3.89 Å². The summed E-state index contributed by atoms with van der Waals surface area (Å²) in [6, 6.07) is 3.21. The van der Waals surface area contributed by atoms with Crippen LogP contribution in [-0.2, 0) is 20.7 Å². The number of benzene rings is 1. The van der Waals surface area contributed by atoms with Gasteiger partial charge in [-0.05, 0) is 56.5 Å². The second-order valence-corrected chi connectivity index (χ2v) is 8.94. The number of carbonyl (C=O) groups excluding carboxylic acids is 1. The maximum Gasteiger partial charge on any atom is 0.410 e. The van der Waals surface area contributed by atoms with Gasteiger partial charge in [-0.2, -0.15) is 8.42 Å². The average molecular weight is 413 g/mol. The topological polar surface area (TPSA) is 116 Å². The molecule has 0 unspecified atom stereocenters. The van der Waals surface area contributed by atoms with Crippen molar-refractivity contribution >= 4 is 27.7 Å². The quantitative estimate of drug-likeness (QED) is 0.322. The van der Waals surface area contributed by atoms with Crippen LogP contribution in [0.2, 0.25) is 0 Å². The van der Waals surface area contributed by atoms with Crippen LogP contribution in [0, 0.1) is 6.92 Å². The third-order valence-corrected chi connectivity index (χ3v) is 4.91. The third kappa shape index (κ3) is 6.00. The fourth-order valence-corrected chi connectivity index (χ4v) is 3.56. The van der Waals surface area contributed by atoms with Gasteiger partial charge in [0.1, 0.15) is 11.4 Å². The smallest absolute Gasteiger partial charge is 0.410 e. The van der Waals surface area contributed by atoms with Crippen LogP contribution in [0.25, 0.3) is 10.4 Å². The van der Waals surface area contributed by atoms with Gasteiger partial charge in [-0.1, -0.05) is 5.11 Å². The van der Waals surface area contributed by atoms with Gasteiger partial charge < -0.3 is 14.5 Å². The predicted molar refractivity (Wildman–Crippen MR) is 104 cm³/mol. The van der Waals surface area contributed by atoms with E-state index in [1.165, 1.54) is 0 Å². The van der Waals surface area contributed by atoms with E-state index in [0.717, 1.165) is 0 Å². The molecule has 1 amide bonds. The Bertz CT molecular complexity index is 899. The molecule has 0 saturated carbocycles. The number of rotatable bonds is 4. The largest absolute Gasteiger partial charge is 0.444 e. The normalized spacial score (nSPS) is 15.2. The van der Waals surface area contributed by atoms with Gasteiger partial charge in [-0.25, -0.2) is 4.79 Å². The molecule has 0 N–H and O–H groups in total. The van der Waals surface area contributed by atoms with Gasteiger partial charge >= 0.3 is 16.3 Å². The molecule has 1 aromatic carbocycles. The van der Waals surface area contributed by atoms with E-state index in [0.29, 0.717) is 37.4 Å². The third-order valence-electron chi connectivity index (χ3n) is 4.25. The minimum absolute atomic E-state index is 0.233. The van der Waals surface area contributed by atoms with E-state index in [1.54, 1.807) is 44.7 Å². The lowest BCUT2D eigenvalue weighted by Gasteiger charge is -2.37. The molecular weight excluding hydrogens is 389 g/mol. The molecule has 1 heterocycles. The molecule has 1 aliphatic rings. The van der Waals surface area contributed by atoms with Crippen LogP contribution in [0.4, 0.5) is 20.1 Å². The van der Waals surface area contributed by atoms with E-state index in [-0.39, 0.29) is 11.3 Å². The van der Waals surface area contributed by atoms with Crippen molar-refractivity contribution in [2.75, 3.05) is 31.1 Å². The summed E-state index contributed by atoms with van der Waals surface area (Å²) in [6.07, 6.45) is -0.393. The van der Waals surface area contributed by atoms with Gasteiger partial charge in [0.05, 0.1) is 0 Å². The Balaban J connectivity index is 2.22. The van der Waals surface area contributed by atoms with Crippen molar-refractivity contribution in [1.29, 1.82) is 0 Å². The summed E-state index contributed by atoms with van der Waals surface area (Å²) < 4.78 is 40.8. The number of nitrogens with zero attached hydrogens (tertiary/aromatic N) is 5. The lowest BCUT2D eigenvalue weighted by Crippen LogP contribution is -2.50. The Hall–Kier alpha value is -2.52. The molecule has 154 valence electrons. The number of carbonyl (C=O) groups is 1. The summed E-state index contributed by atoms with van der Waals surface area (Å²) in [4.78, 5) is 18.4. The highest BCUT2D eigenvalue weighted by Gasteiger charge is 2.26. The molecule has 1 fully saturated rings. The molecule has 1 saturated heterocycles. The second kappa shape index (κ2) is 8.24. The fraction of sp³-hybridized carbons (Fsp3) is 0.588. The van der Waals surface area contributed by atoms with Crippen molar-refractivity contribution in [1.82, 2.24) is 4.90 Å². The Morgan fingerprint density at radius 2 is 1.89 bits per heavy atom. The molecule has 1 aliphatic heterocycles. The van der Waals surface area contributed by atoms with Crippen molar-refractivity contribution in [3.05, 3.63) is 33.7 Å². The summed E-state index contributed by atoms with van der Waals surface area (Å²) in [7, 11) is -4.74. The van der Waals surface area contributed by atoms with Crippen LogP contribution < -0.4 is 4.90 Å². The molecule has 0 aliphatic carbocycles. The molecule has 0 atom stereocenters. The van der Waals surface area contributed by atoms with Gasteiger partial charge in [0.15, 0.2) is 0 Å². The van der Waals surface area contributed by atoms with Gasteiger partial charge in [0.2, 0.25) is 0 Å². The highest BCUT2D eigenvalue weighted by molar-refractivity contribution is 7.85. The first kappa shape index (κ1) is 21.8. The molecule has 2 rings (SSSR count). The van der Waals surface area contributed by atoms with E-state index in [2.05, 4.69) is 10.0 Å². The van der Waals surface area contributed by atoms with Crippen LogP contribution >= 0.6 is 0 Å². The van der Waals surface area contributed by atoms with Crippen molar-refractivity contribution in [3.8, 4) is 0 Å². The minimum atomic E-state index is -4.74. The first-order valence-corrected chi connectivity index (χ1v) is 10.3. The average Bonchev–Trinajstić information content (AvgIpc) is 2.56.